The van der Waals surface area contributed by atoms with Crippen molar-refractivity contribution in [2.75, 3.05) is 10.8 Å². The quantitative estimate of drug-likeness (QED) is 0.652. The number of nitrogens with zero attached hydrogens (tertiary/aromatic N) is 1. The summed E-state index contributed by atoms with van der Waals surface area (Å²) in [6.07, 6.45) is 7.50. The van der Waals surface area contributed by atoms with Gasteiger partial charge in [0.05, 0.1) is 10.6 Å². The first kappa shape index (κ1) is 20.4. The molecule has 29 heavy (non-hydrogen) atoms. The van der Waals surface area contributed by atoms with Crippen LogP contribution in [0, 0.1) is 0 Å². The number of hydrogen-bond donors (Lipinski definition) is 1. The lowest BCUT2D eigenvalue weighted by molar-refractivity contribution is 0.0933. The van der Waals surface area contributed by atoms with E-state index in [1.165, 1.54) is 17.1 Å². The molecular weight excluding hydrogens is 452 g/mol. The van der Waals surface area contributed by atoms with Crippen LogP contribution >= 0.6 is 15.9 Å². The van der Waals surface area contributed by atoms with Crippen molar-refractivity contribution in [3.63, 3.8) is 0 Å². The van der Waals surface area contributed by atoms with E-state index in [1.54, 1.807) is 36.4 Å². The van der Waals surface area contributed by atoms with E-state index in [2.05, 4.69) is 21.2 Å². The molecule has 0 atom stereocenters. The van der Waals surface area contributed by atoms with Gasteiger partial charge in [0, 0.05) is 22.6 Å². The maximum Gasteiger partial charge on any atom is 0.264 e. The number of benzene rings is 2. The third-order valence-electron chi connectivity index (χ3n) is 5.79. The van der Waals surface area contributed by atoms with E-state index < -0.39 is 10.0 Å². The Morgan fingerprint density at radius 1 is 1.00 bits per heavy atom. The van der Waals surface area contributed by atoms with Gasteiger partial charge >= 0.3 is 0 Å². The van der Waals surface area contributed by atoms with E-state index in [1.807, 2.05) is 6.07 Å². The second-order valence-electron chi connectivity index (χ2n) is 7.79. The number of rotatable bonds is 4. The number of carbonyl (C=O) groups excluding carboxylic acids is 1. The topological polar surface area (TPSA) is 66.5 Å². The number of sulfonamides is 1. The molecule has 1 heterocycles. The van der Waals surface area contributed by atoms with Crippen molar-refractivity contribution in [2.45, 2.75) is 55.9 Å². The van der Waals surface area contributed by atoms with Gasteiger partial charge < -0.3 is 5.32 Å². The van der Waals surface area contributed by atoms with Crippen LogP contribution in [0.15, 0.2) is 51.8 Å². The molecule has 2 aromatic rings. The van der Waals surface area contributed by atoms with Crippen molar-refractivity contribution in [1.82, 2.24) is 5.32 Å². The van der Waals surface area contributed by atoms with Gasteiger partial charge in [0.15, 0.2) is 0 Å². The van der Waals surface area contributed by atoms with Crippen LogP contribution < -0.4 is 9.62 Å². The monoisotopic (exact) mass is 476 g/mol. The minimum Gasteiger partial charge on any atom is -0.349 e. The number of halogens is 1. The van der Waals surface area contributed by atoms with Gasteiger partial charge in [-0.25, -0.2) is 8.42 Å². The average molecular weight is 477 g/mol. The van der Waals surface area contributed by atoms with Crippen LogP contribution in [0.4, 0.5) is 5.69 Å². The van der Waals surface area contributed by atoms with Gasteiger partial charge in [-0.1, -0.05) is 41.6 Å². The molecule has 1 fully saturated rings. The van der Waals surface area contributed by atoms with Gasteiger partial charge in [0.1, 0.15) is 0 Å². The Balaban J connectivity index is 1.53. The van der Waals surface area contributed by atoms with E-state index in [4.69, 9.17) is 0 Å². The van der Waals surface area contributed by atoms with E-state index >= 15 is 0 Å². The Hall–Kier alpha value is -1.86. The standard InChI is InChI=1S/C22H25BrN2O3S/c23-18-8-10-20(11-9-18)29(27,28)25-14-13-16-15-17(7-12-21(16)25)22(26)24-19-5-3-1-2-4-6-19/h7-12,15,19H,1-6,13-14H2,(H,24,26). The summed E-state index contributed by atoms with van der Waals surface area (Å²) in [4.78, 5) is 13.0. The van der Waals surface area contributed by atoms with E-state index in [9.17, 15) is 13.2 Å². The molecule has 0 bridgehead atoms. The number of nitrogens with one attached hydrogen (secondary N) is 1. The van der Waals surface area contributed by atoms with Gasteiger partial charge in [-0.05, 0) is 67.3 Å². The summed E-state index contributed by atoms with van der Waals surface area (Å²) < 4.78 is 28.4. The summed E-state index contributed by atoms with van der Waals surface area (Å²) in [6.45, 7) is 0.390. The maximum atomic E-state index is 13.1. The third-order valence-corrected chi connectivity index (χ3v) is 8.14. The molecule has 0 aromatic heterocycles. The minimum absolute atomic E-state index is 0.0612. The van der Waals surface area contributed by atoms with Crippen LogP contribution in [0.5, 0.6) is 0 Å². The summed E-state index contributed by atoms with van der Waals surface area (Å²) in [6, 6.07) is 12.3. The van der Waals surface area contributed by atoms with Crippen molar-refractivity contribution in [3.8, 4) is 0 Å². The molecule has 1 amide bonds. The lowest BCUT2D eigenvalue weighted by atomic mass is 10.1. The molecule has 4 rings (SSSR count). The molecule has 2 aromatic carbocycles. The number of hydrogen-bond acceptors (Lipinski definition) is 3. The second-order valence-corrected chi connectivity index (χ2v) is 10.6. The molecule has 0 saturated heterocycles. The molecule has 1 aliphatic heterocycles. The number of carbonyl (C=O) groups is 1. The van der Waals surface area contributed by atoms with Gasteiger partial charge in [-0.3, -0.25) is 9.10 Å². The fourth-order valence-corrected chi connectivity index (χ4v) is 5.96. The van der Waals surface area contributed by atoms with Crippen molar-refractivity contribution >= 4 is 37.5 Å². The van der Waals surface area contributed by atoms with Crippen LogP contribution in [0.25, 0.3) is 0 Å². The van der Waals surface area contributed by atoms with E-state index in [0.717, 1.165) is 35.7 Å². The lowest BCUT2D eigenvalue weighted by Gasteiger charge is -2.20. The maximum absolute atomic E-state index is 13.1. The smallest absolute Gasteiger partial charge is 0.264 e. The van der Waals surface area contributed by atoms with E-state index in [-0.39, 0.29) is 16.8 Å². The summed E-state index contributed by atoms with van der Waals surface area (Å²) in [5, 5.41) is 3.16. The highest BCUT2D eigenvalue weighted by molar-refractivity contribution is 9.10. The van der Waals surface area contributed by atoms with Gasteiger partial charge in [-0.2, -0.15) is 0 Å². The molecule has 1 N–H and O–H groups in total. The zero-order chi connectivity index (χ0) is 20.4. The van der Waals surface area contributed by atoms with Crippen LogP contribution in [0.3, 0.4) is 0 Å². The summed E-state index contributed by atoms with van der Waals surface area (Å²) in [5.41, 5.74) is 2.18. The van der Waals surface area contributed by atoms with Crippen molar-refractivity contribution < 1.29 is 13.2 Å². The molecule has 2 aliphatic rings. The van der Waals surface area contributed by atoms with Crippen LogP contribution in [-0.2, 0) is 16.4 Å². The highest BCUT2D eigenvalue weighted by atomic mass is 79.9. The van der Waals surface area contributed by atoms with Crippen LogP contribution in [-0.4, -0.2) is 26.9 Å². The number of anilines is 1. The first-order valence-corrected chi connectivity index (χ1v) is 12.4. The van der Waals surface area contributed by atoms with Crippen LogP contribution in [0.1, 0.15) is 54.4 Å². The summed E-state index contributed by atoms with van der Waals surface area (Å²) in [7, 11) is -3.62. The molecular formula is C22H25BrN2O3S. The molecule has 0 unspecified atom stereocenters. The van der Waals surface area contributed by atoms with Crippen LogP contribution in [0.2, 0.25) is 0 Å². The normalized spacial score (nSPS) is 17.6. The first-order chi connectivity index (χ1) is 13.9. The zero-order valence-corrected chi connectivity index (χ0v) is 18.6. The number of fused-ring (bicyclic) bond motifs is 1. The van der Waals surface area contributed by atoms with Crippen molar-refractivity contribution in [1.29, 1.82) is 0 Å². The molecule has 0 spiro atoms. The summed E-state index contributed by atoms with van der Waals surface area (Å²) in [5.74, 6) is -0.0612. The molecule has 7 heteroatoms. The van der Waals surface area contributed by atoms with Gasteiger partial charge in [0.2, 0.25) is 0 Å². The molecule has 154 valence electrons. The van der Waals surface area contributed by atoms with Gasteiger partial charge in [-0.15, -0.1) is 0 Å². The first-order valence-electron chi connectivity index (χ1n) is 10.2. The van der Waals surface area contributed by atoms with Crippen molar-refractivity contribution in [2.24, 2.45) is 0 Å². The highest BCUT2D eigenvalue weighted by Gasteiger charge is 2.31. The predicted molar refractivity (Wildman–Crippen MR) is 118 cm³/mol. The fourth-order valence-electron chi connectivity index (χ4n) is 4.19. The zero-order valence-electron chi connectivity index (χ0n) is 16.2. The van der Waals surface area contributed by atoms with Gasteiger partial charge in [0.25, 0.3) is 15.9 Å². The largest absolute Gasteiger partial charge is 0.349 e. The predicted octanol–water partition coefficient (Wildman–Crippen LogP) is 4.65. The average Bonchev–Trinajstić information content (AvgIpc) is 2.98. The molecule has 1 aliphatic carbocycles. The SMILES string of the molecule is O=C(NC1CCCCCC1)c1ccc2c(c1)CCN2S(=O)(=O)c1ccc(Br)cc1. The van der Waals surface area contributed by atoms with Crippen molar-refractivity contribution in [3.05, 3.63) is 58.1 Å². The highest BCUT2D eigenvalue weighted by Crippen LogP contribution is 2.34. The Morgan fingerprint density at radius 3 is 2.38 bits per heavy atom. The molecule has 5 nitrogen and oxygen atoms in total. The Labute approximate surface area is 180 Å². The Morgan fingerprint density at radius 2 is 1.69 bits per heavy atom. The minimum atomic E-state index is -3.62. The Kier molecular flexibility index (Phi) is 5.97. The summed E-state index contributed by atoms with van der Waals surface area (Å²) >= 11 is 3.34. The lowest BCUT2D eigenvalue weighted by Crippen LogP contribution is -2.34. The Bertz CT molecular complexity index is 997. The number of amides is 1. The molecule has 1 saturated carbocycles. The second kappa shape index (κ2) is 8.48. The third kappa shape index (κ3) is 4.36. The molecule has 0 radical (unpaired) electrons. The fraction of sp³-hybridized carbons (Fsp3) is 0.409. The van der Waals surface area contributed by atoms with E-state index in [0.29, 0.717) is 24.2 Å².